The average Bonchev–Trinajstić information content (AvgIpc) is 2.53. The van der Waals surface area contributed by atoms with Crippen molar-refractivity contribution < 1.29 is 0 Å². The quantitative estimate of drug-likeness (QED) is 0.592. The molecule has 0 saturated heterocycles. The van der Waals surface area contributed by atoms with E-state index in [9.17, 15) is 0 Å². The minimum absolute atomic E-state index is 0.173. The molecule has 3 aromatic rings. The second-order valence-corrected chi connectivity index (χ2v) is 7.73. The van der Waals surface area contributed by atoms with Gasteiger partial charge in [0.05, 0.1) is 5.69 Å². The summed E-state index contributed by atoms with van der Waals surface area (Å²) in [4.78, 5) is 13.2. The van der Waals surface area contributed by atoms with E-state index in [1.807, 2.05) is 18.2 Å². The van der Waals surface area contributed by atoms with E-state index in [1.54, 1.807) is 30.6 Å². The highest BCUT2D eigenvalue weighted by Crippen LogP contribution is 2.27. The Morgan fingerprint density at radius 2 is 1.54 bits per heavy atom. The van der Waals surface area contributed by atoms with E-state index in [0.717, 1.165) is 16.9 Å². The van der Waals surface area contributed by atoms with Gasteiger partial charge >= 0.3 is 0 Å². The van der Waals surface area contributed by atoms with Crippen LogP contribution in [-0.2, 0) is 0 Å². The summed E-state index contributed by atoms with van der Waals surface area (Å²) < 4.78 is 0. The van der Waals surface area contributed by atoms with E-state index in [-0.39, 0.29) is 5.54 Å². The summed E-state index contributed by atoms with van der Waals surface area (Å²) in [6.07, 6.45) is 3.47. The van der Waals surface area contributed by atoms with Crippen molar-refractivity contribution >= 4 is 40.7 Å². The molecule has 3 rings (SSSR count). The summed E-state index contributed by atoms with van der Waals surface area (Å²) in [5, 5.41) is 7.66. The number of benzene rings is 1. The average molecular weight is 388 g/mol. The third kappa shape index (κ3) is 5.07. The van der Waals surface area contributed by atoms with Gasteiger partial charge in [0.1, 0.15) is 5.82 Å². The highest BCUT2D eigenvalue weighted by Gasteiger charge is 2.14. The van der Waals surface area contributed by atoms with Crippen LogP contribution in [0.3, 0.4) is 0 Å². The fourth-order valence-electron chi connectivity index (χ4n) is 2.35. The van der Waals surface area contributed by atoms with Gasteiger partial charge in [0, 0.05) is 45.3 Å². The van der Waals surface area contributed by atoms with Crippen LogP contribution in [0.25, 0.3) is 11.3 Å². The number of halogens is 2. The number of aromatic nitrogens is 3. The van der Waals surface area contributed by atoms with E-state index in [0.29, 0.717) is 21.8 Å². The van der Waals surface area contributed by atoms with E-state index in [2.05, 4.69) is 46.4 Å². The third-order valence-corrected chi connectivity index (χ3v) is 3.76. The van der Waals surface area contributed by atoms with Crippen molar-refractivity contribution in [2.75, 3.05) is 10.6 Å². The molecular weight excluding hydrogens is 369 g/mol. The lowest BCUT2D eigenvalue weighted by atomic mass is 10.1. The van der Waals surface area contributed by atoms with E-state index in [1.165, 1.54) is 0 Å². The van der Waals surface area contributed by atoms with Crippen LogP contribution in [0.15, 0.2) is 48.8 Å². The Bertz CT molecular complexity index is 887. The first-order chi connectivity index (χ1) is 12.3. The summed E-state index contributed by atoms with van der Waals surface area (Å²) in [5.74, 6) is 1.17. The van der Waals surface area contributed by atoms with Crippen molar-refractivity contribution in [3.63, 3.8) is 0 Å². The minimum atomic E-state index is -0.173. The van der Waals surface area contributed by atoms with Crippen LogP contribution in [0.5, 0.6) is 0 Å². The maximum atomic E-state index is 6.09. The molecule has 7 heteroatoms. The molecule has 0 bridgehead atoms. The summed E-state index contributed by atoms with van der Waals surface area (Å²) in [7, 11) is 0. The van der Waals surface area contributed by atoms with Crippen molar-refractivity contribution in [3.05, 3.63) is 58.8 Å². The molecule has 2 N–H and O–H groups in total. The predicted molar refractivity (Wildman–Crippen MR) is 108 cm³/mol. The van der Waals surface area contributed by atoms with Crippen LogP contribution in [0, 0.1) is 0 Å². The third-order valence-electron chi connectivity index (χ3n) is 3.32. The fourth-order valence-corrected chi connectivity index (χ4v) is 2.87. The lowest BCUT2D eigenvalue weighted by Crippen LogP contribution is -2.27. The van der Waals surface area contributed by atoms with Crippen LogP contribution >= 0.6 is 23.2 Å². The van der Waals surface area contributed by atoms with Crippen LogP contribution in [0.2, 0.25) is 10.0 Å². The molecule has 0 aliphatic heterocycles. The largest absolute Gasteiger partial charge is 0.350 e. The first-order valence-corrected chi connectivity index (χ1v) is 8.85. The van der Waals surface area contributed by atoms with Gasteiger partial charge in [-0.15, -0.1) is 0 Å². The molecule has 134 valence electrons. The van der Waals surface area contributed by atoms with Gasteiger partial charge in [-0.25, -0.2) is 4.98 Å². The number of rotatable bonds is 4. The molecule has 0 fully saturated rings. The van der Waals surface area contributed by atoms with Crippen LogP contribution in [-0.4, -0.2) is 20.5 Å². The van der Waals surface area contributed by atoms with E-state index in [4.69, 9.17) is 23.2 Å². The molecule has 1 aromatic carbocycles. The maximum Gasteiger partial charge on any atom is 0.225 e. The Kier molecular flexibility index (Phi) is 5.30. The Balaban J connectivity index is 2.01. The topological polar surface area (TPSA) is 62.7 Å². The molecule has 0 unspecified atom stereocenters. The standard InChI is InChI=1S/C19H19Cl2N5/c1-19(2,3)26-18-24-16(12-4-6-22-7-5-12)11-17(25-18)23-15-9-13(20)8-14(21)10-15/h4-11H,1-3H3,(H2,23,24,25,26). The van der Waals surface area contributed by atoms with Gasteiger partial charge < -0.3 is 10.6 Å². The molecule has 0 atom stereocenters. The SMILES string of the molecule is CC(C)(C)Nc1nc(Nc2cc(Cl)cc(Cl)c2)cc(-c2ccncc2)n1. The number of nitrogens with zero attached hydrogens (tertiary/aromatic N) is 3. The highest BCUT2D eigenvalue weighted by molar-refractivity contribution is 6.35. The van der Waals surface area contributed by atoms with Crippen molar-refractivity contribution in [2.24, 2.45) is 0 Å². The number of anilines is 3. The maximum absolute atomic E-state index is 6.09. The Morgan fingerprint density at radius 3 is 2.15 bits per heavy atom. The molecule has 0 aliphatic carbocycles. The second kappa shape index (κ2) is 7.48. The number of hydrogen-bond acceptors (Lipinski definition) is 5. The van der Waals surface area contributed by atoms with Gasteiger partial charge in [-0.2, -0.15) is 4.98 Å². The van der Waals surface area contributed by atoms with E-state index < -0.39 is 0 Å². The first kappa shape index (κ1) is 18.4. The van der Waals surface area contributed by atoms with Gasteiger partial charge in [0.2, 0.25) is 5.95 Å². The Morgan fingerprint density at radius 1 is 0.885 bits per heavy atom. The number of hydrogen-bond donors (Lipinski definition) is 2. The van der Waals surface area contributed by atoms with Gasteiger partial charge in [-0.3, -0.25) is 4.98 Å². The normalized spacial score (nSPS) is 11.3. The molecule has 2 aromatic heterocycles. The summed E-state index contributed by atoms with van der Waals surface area (Å²) in [6, 6.07) is 10.9. The van der Waals surface area contributed by atoms with Gasteiger partial charge in [-0.05, 0) is 51.1 Å². The molecular formula is C19H19Cl2N5. The van der Waals surface area contributed by atoms with Crippen molar-refractivity contribution in [3.8, 4) is 11.3 Å². The monoisotopic (exact) mass is 387 g/mol. The van der Waals surface area contributed by atoms with Crippen LogP contribution in [0.4, 0.5) is 17.5 Å². The zero-order valence-electron chi connectivity index (χ0n) is 14.7. The molecule has 0 spiro atoms. The number of pyridine rings is 1. The molecule has 0 radical (unpaired) electrons. The lowest BCUT2D eigenvalue weighted by molar-refractivity contribution is 0.626. The van der Waals surface area contributed by atoms with Crippen molar-refractivity contribution in [1.29, 1.82) is 0 Å². The molecule has 5 nitrogen and oxygen atoms in total. The van der Waals surface area contributed by atoms with E-state index >= 15 is 0 Å². The highest BCUT2D eigenvalue weighted by atomic mass is 35.5. The second-order valence-electron chi connectivity index (χ2n) is 6.86. The molecule has 2 heterocycles. The zero-order chi connectivity index (χ0) is 18.7. The fraction of sp³-hybridized carbons (Fsp3) is 0.211. The smallest absolute Gasteiger partial charge is 0.225 e. The van der Waals surface area contributed by atoms with Crippen molar-refractivity contribution in [2.45, 2.75) is 26.3 Å². The molecule has 26 heavy (non-hydrogen) atoms. The van der Waals surface area contributed by atoms with Gasteiger partial charge in [0.25, 0.3) is 0 Å². The predicted octanol–water partition coefficient (Wildman–Crippen LogP) is 5.80. The lowest BCUT2D eigenvalue weighted by Gasteiger charge is -2.21. The summed E-state index contributed by atoms with van der Waals surface area (Å²) in [6.45, 7) is 6.16. The zero-order valence-corrected chi connectivity index (χ0v) is 16.2. The Hall–Kier alpha value is -2.37. The molecule has 0 aliphatic rings. The number of nitrogens with one attached hydrogen (secondary N) is 2. The minimum Gasteiger partial charge on any atom is -0.350 e. The van der Waals surface area contributed by atoms with Crippen LogP contribution in [0.1, 0.15) is 20.8 Å². The molecule has 0 amide bonds. The van der Waals surface area contributed by atoms with Gasteiger partial charge in [-0.1, -0.05) is 23.2 Å². The summed E-state index contributed by atoms with van der Waals surface area (Å²) >= 11 is 12.2. The first-order valence-electron chi connectivity index (χ1n) is 8.09. The van der Waals surface area contributed by atoms with Gasteiger partial charge in [0.15, 0.2) is 0 Å². The van der Waals surface area contributed by atoms with Crippen LogP contribution < -0.4 is 10.6 Å². The Labute approximate surface area is 162 Å². The molecule has 0 saturated carbocycles. The van der Waals surface area contributed by atoms with Crippen molar-refractivity contribution in [1.82, 2.24) is 15.0 Å². The summed E-state index contributed by atoms with van der Waals surface area (Å²) in [5.41, 5.74) is 2.31.